The van der Waals surface area contributed by atoms with Gasteiger partial charge >= 0.3 is 5.76 Å². The molecule has 1 aromatic rings. The summed E-state index contributed by atoms with van der Waals surface area (Å²) in [5, 5.41) is 6.51. The predicted octanol–water partition coefficient (Wildman–Crippen LogP) is 1.84. The van der Waals surface area contributed by atoms with E-state index in [0.29, 0.717) is 17.6 Å². The van der Waals surface area contributed by atoms with Crippen LogP contribution in [0.25, 0.3) is 0 Å². The van der Waals surface area contributed by atoms with Crippen molar-refractivity contribution in [1.82, 2.24) is 10.6 Å². The summed E-state index contributed by atoms with van der Waals surface area (Å²) in [6, 6.07) is 6.83. The Morgan fingerprint density at radius 1 is 1.17 bits per heavy atom. The maximum Gasteiger partial charge on any atom is 0.337 e. The highest BCUT2D eigenvalue weighted by atomic mass is 32.2. The first-order valence-electron chi connectivity index (χ1n) is 7.99. The summed E-state index contributed by atoms with van der Waals surface area (Å²) in [6.45, 7) is 0. The second-order valence-corrected chi connectivity index (χ2v) is 8.52. The summed E-state index contributed by atoms with van der Waals surface area (Å²) in [4.78, 5) is 12.3. The number of amides is 1. The van der Waals surface area contributed by atoms with E-state index in [1.165, 1.54) is 24.3 Å². The molecule has 0 spiro atoms. The summed E-state index contributed by atoms with van der Waals surface area (Å²) in [5.41, 5.74) is 0.644. The van der Waals surface area contributed by atoms with Gasteiger partial charge in [0.05, 0.1) is 5.75 Å². The zero-order valence-electron chi connectivity index (χ0n) is 13.0. The van der Waals surface area contributed by atoms with Crippen molar-refractivity contribution in [3.05, 3.63) is 35.4 Å². The van der Waals surface area contributed by atoms with E-state index in [1.54, 1.807) is 0 Å². The van der Waals surface area contributed by atoms with Crippen molar-refractivity contribution in [2.45, 2.75) is 55.3 Å². The van der Waals surface area contributed by atoms with Crippen LogP contribution < -0.4 is 10.6 Å². The van der Waals surface area contributed by atoms with E-state index in [1.807, 2.05) is 0 Å². The van der Waals surface area contributed by atoms with E-state index >= 15 is 0 Å². The van der Waals surface area contributed by atoms with Gasteiger partial charge in [0.1, 0.15) is 0 Å². The Hall–Kier alpha value is -1.54. The Balaban J connectivity index is 1.60. The first-order chi connectivity index (χ1) is 11.3. The molecule has 0 aromatic heterocycles. The van der Waals surface area contributed by atoms with E-state index in [9.17, 15) is 22.0 Å². The Bertz CT molecular complexity index is 695. The predicted molar refractivity (Wildman–Crippen MR) is 85.5 cm³/mol. The van der Waals surface area contributed by atoms with Crippen molar-refractivity contribution >= 4 is 15.7 Å². The maximum atomic E-state index is 12.4. The molecule has 2 unspecified atom stereocenters. The van der Waals surface area contributed by atoms with Crippen LogP contribution in [0.1, 0.15) is 41.6 Å². The minimum absolute atomic E-state index is 0.134. The number of hydrogen-bond acceptors (Lipinski definition) is 4. The molecule has 0 aliphatic carbocycles. The zero-order chi connectivity index (χ0) is 17.3. The number of carbonyl (C=O) groups excluding carboxylic acids is 1. The third kappa shape index (κ3) is 3.92. The van der Waals surface area contributed by atoms with E-state index in [-0.39, 0.29) is 17.5 Å². The third-order valence-corrected chi connectivity index (χ3v) is 5.94. The van der Waals surface area contributed by atoms with E-state index < -0.39 is 21.3 Å². The number of nitrogens with one attached hydrogen (secondary N) is 2. The molecule has 2 fully saturated rings. The fraction of sp³-hybridized carbons (Fsp3) is 0.562. The molecule has 0 radical (unpaired) electrons. The average molecular weight is 358 g/mol. The van der Waals surface area contributed by atoms with Crippen LogP contribution in [0, 0.1) is 0 Å². The molecule has 24 heavy (non-hydrogen) atoms. The van der Waals surface area contributed by atoms with Crippen LogP contribution in [0.4, 0.5) is 8.78 Å². The molecule has 2 atom stereocenters. The highest BCUT2D eigenvalue weighted by Gasteiger charge is 2.34. The fourth-order valence-electron chi connectivity index (χ4n) is 3.49. The van der Waals surface area contributed by atoms with Crippen molar-refractivity contribution in [1.29, 1.82) is 0 Å². The smallest absolute Gasteiger partial charge is 0.337 e. The number of hydrogen-bond donors (Lipinski definition) is 2. The number of sulfone groups is 1. The Kier molecular flexibility index (Phi) is 4.87. The van der Waals surface area contributed by atoms with Gasteiger partial charge in [-0.15, -0.1) is 0 Å². The molecule has 2 saturated heterocycles. The molecule has 5 nitrogen and oxygen atoms in total. The summed E-state index contributed by atoms with van der Waals surface area (Å²) >= 11 is 0. The molecule has 2 aliphatic heterocycles. The number of halogens is 2. The molecule has 132 valence electrons. The molecular formula is C16H20F2N2O3S. The second kappa shape index (κ2) is 6.76. The van der Waals surface area contributed by atoms with Crippen molar-refractivity contribution in [2.24, 2.45) is 0 Å². The van der Waals surface area contributed by atoms with Crippen LogP contribution in [-0.2, 0) is 15.6 Å². The average Bonchev–Trinajstić information content (AvgIpc) is 2.86. The van der Waals surface area contributed by atoms with Gasteiger partial charge in [-0.3, -0.25) is 4.79 Å². The lowest BCUT2D eigenvalue weighted by molar-refractivity contribution is 0.0924. The minimum Gasteiger partial charge on any atom is -0.349 e. The Morgan fingerprint density at radius 2 is 1.75 bits per heavy atom. The first-order valence-corrected chi connectivity index (χ1v) is 9.70. The maximum absolute atomic E-state index is 12.4. The van der Waals surface area contributed by atoms with Gasteiger partial charge in [0, 0.05) is 23.7 Å². The van der Waals surface area contributed by atoms with Gasteiger partial charge in [-0.25, -0.2) is 8.42 Å². The third-order valence-electron chi connectivity index (χ3n) is 4.66. The molecule has 8 heteroatoms. The molecule has 1 aromatic carbocycles. The van der Waals surface area contributed by atoms with Crippen molar-refractivity contribution in [3.63, 3.8) is 0 Å². The van der Waals surface area contributed by atoms with Crippen molar-refractivity contribution in [2.75, 3.05) is 0 Å². The van der Waals surface area contributed by atoms with E-state index in [2.05, 4.69) is 10.6 Å². The van der Waals surface area contributed by atoms with Gasteiger partial charge in [-0.1, -0.05) is 12.1 Å². The number of carbonyl (C=O) groups is 1. The van der Waals surface area contributed by atoms with Crippen molar-refractivity contribution in [3.8, 4) is 0 Å². The van der Waals surface area contributed by atoms with Gasteiger partial charge in [0.25, 0.3) is 5.91 Å². The van der Waals surface area contributed by atoms with Crippen LogP contribution in [0.5, 0.6) is 0 Å². The SMILES string of the molecule is O=C(NC1CC2CCC(C1)N2)c1ccc(CS(=O)(=O)C(F)F)cc1. The van der Waals surface area contributed by atoms with Gasteiger partial charge in [-0.05, 0) is 43.4 Å². The topological polar surface area (TPSA) is 75.3 Å². The van der Waals surface area contributed by atoms with Crippen LogP contribution in [0.3, 0.4) is 0 Å². The highest BCUT2D eigenvalue weighted by Crippen LogP contribution is 2.27. The molecule has 3 rings (SSSR count). The van der Waals surface area contributed by atoms with Gasteiger partial charge < -0.3 is 10.6 Å². The quantitative estimate of drug-likeness (QED) is 0.842. The minimum atomic E-state index is -4.45. The van der Waals surface area contributed by atoms with Gasteiger partial charge in [-0.2, -0.15) is 8.78 Å². The molecule has 1 amide bonds. The lowest BCUT2D eigenvalue weighted by Gasteiger charge is -2.29. The summed E-state index contributed by atoms with van der Waals surface area (Å²) in [6.07, 6.45) is 4.11. The molecular weight excluding hydrogens is 338 g/mol. The van der Waals surface area contributed by atoms with Crippen molar-refractivity contribution < 1.29 is 22.0 Å². The van der Waals surface area contributed by atoms with Crippen LogP contribution in [0.15, 0.2) is 24.3 Å². The molecule has 2 heterocycles. The monoisotopic (exact) mass is 358 g/mol. The molecule has 2 bridgehead atoms. The number of rotatable bonds is 5. The molecule has 2 N–H and O–H groups in total. The fourth-order valence-corrected chi connectivity index (χ4v) is 4.27. The second-order valence-electron chi connectivity index (χ2n) is 6.54. The summed E-state index contributed by atoms with van der Waals surface area (Å²) in [5.74, 6) is -4.34. The first kappa shape index (κ1) is 17.3. The Labute approximate surface area is 139 Å². The normalized spacial score (nSPS) is 26.5. The number of fused-ring (bicyclic) bond motifs is 2. The zero-order valence-corrected chi connectivity index (χ0v) is 13.9. The van der Waals surface area contributed by atoms with E-state index in [4.69, 9.17) is 0 Å². The van der Waals surface area contributed by atoms with Crippen LogP contribution in [-0.4, -0.2) is 38.2 Å². The van der Waals surface area contributed by atoms with E-state index in [0.717, 1.165) is 25.7 Å². The number of piperidine rings is 1. The molecule has 2 aliphatic rings. The lowest BCUT2D eigenvalue weighted by atomic mass is 9.99. The van der Waals surface area contributed by atoms with Crippen LogP contribution in [0.2, 0.25) is 0 Å². The standard InChI is InChI=1S/C16H20F2N2O3S/c17-16(18)24(22,23)9-10-1-3-11(4-2-10)15(21)20-14-7-12-5-6-13(8-14)19-12/h1-4,12-14,16,19H,5-9H2,(H,20,21). The van der Waals surface area contributed by atoms with Crippen LogP contribution >= 0.6 is 0 Å². The van der Waals surface area contributed by atoms with Gasteiger partial charge in [0.2, 0.25) is 9.84 Å². The molecule has 0 saturated carbocycles. The summed E-state index contributed by atoms with van der Waals surface area (Å²) < 4.78 is 47.2. The van der Waals surface area contributed by atoms with Gasteiger partial charge in [0.15, 0.2) is 0 Å². The summed E-state index contributed by atoms with van der Waals surface area (Å²) in [7, 11) is -4.45. The highest BCUT2D eigenvalue weighted by molar-refractivity contribution is 7.90. The number of benzene rings is 1. The lowest BCUT2D eigenvalue weighted by Crippen LogP contribution is -2.48. The largest absolute Gasteiger partial charge is 0.349 e. The Morgan fingerprint density at radius 3 is 2.29 bits per heavy atom. The number of alkyl halides is 2.